The highest BCUT2D eigenvalue weighted by atomic mass is 16.2. The third-order valence-electron chi connectivity index (χ3n) is 5.74. The lowest BCUT2D eigenvalue weighted by atomic mass is 9.78. The number of fused-ring (bicyclic) bond motifs is 2. The molecule has 5 nitrogen and oxygen atoms in total. The van der Waals surface area contributed by atoms with Crippen LogP contribution in [-0.4, -0.2) is 46.7 Å². The molecule has 126 valence electrons. The van der Waals surface area contributed by atoms with Gasteiger partial charge in [0.15, 0.2) is 0 Å². The van der Waals surface area contributed by atoms with Crippen molar-refractivity contribution in [2.24, 2.45) is 5.92 Å². The number of imide groups is 1. The highest BCUT2D eigenvalue weighted by Crippen LogP contribution is 2.35. The quantitative estimate of drug-likeness (QED) is 0.785. The van der Waals surface area contributed by atoms with Crippen molar-refractivity contribution in [1.82, 2.24) is 9.80 Å². The SMILES string of the molecule is O=C1c2ccccc2C(=O)N1CC(=O)N1CCC[C@@H]2CCCC[C@@H]21. The molecule has 0 spiro atoms. The molecule has 0 aromatic heterocycles. The summed E-state index contributed by atoms with van der Waals surface area (Å²) in [6, 6.07) is 7.09. The molecule has 1 aromatic carbocycles. The number of likely N-dealkylation sites (tertiary alicyclic amines) is 1. The number of nitrogens with zero attached hydrogens (tertiary/aromatic N) is 2. The van der Waals surface area contributed by atoms with E-state index in [0.717, 1.165) is 30.7 Å². The van der Waals surface area contributed by atoms with E-state index in [1.807, 2.05) is 4.90 Å². The first-order valence-corrected chi connectivity index (χ1v) is 8.91. The molecule has 0 N–H and O–H groups in total. The molecule has 0 unspecified atom stereocenters. The lowest BCUT2D eigenvalue weighted by Gasteiger charge is -2.44. The van der Waals surface area contributed by atoms with Crippen LogP contribution in [0.4, 0.5) is 0 Å². The second-order valence-corrected chi connectivity index (χ2v) is 7.08. The van der Waals surface area contributed by atoms with Crippen LogP contribution in [0.15, 0.2) is 24.3 Å². The van der Waals surface area contributed by atoms with Crippen molar-refractivity contribution in [3.05, 3.63) is 35.4 Å². The lowest BCUT2D eigenvalue weighted by Crippen LogP contribution is -2.53. The minimum atomic E-state index is -0.346. The molecule has 5 heteroatoms. The van der Waals surface area contributed by atoms with Gasteiger partial charge >= 0.3 is 0 Å². The molecule has 24 heavy (non-hydrogen) atoms. The number of carbonyl (C=O) groups excluding carboxylic acids is 3. The van der Waals surface area contributed by atoms with Crippen LogP contribution in [0, 0.1) is 5.92 Å². The summed E-state index contributed by atoms with van der Waals surface area (Å²) in [6.45, 7) is 0.624. The van der Waals surface area contributed by atoms with E-state index in [4.69, 9.17) is 0 Å². The second-order valence-electron chi connectivity index (χ2n) is 7.08. The van der Waals surface area contributed by atoms with E-state index < -0.39 is 0 Å². The maximum Gasteiger partial charge on any atom is 0.262 e. The Kier molecular flexibility index (Phi) is 3.87. The van der Waals surface area contributed by atoms with Crippen LogP contribution in [0.1, 0.15) is 59.2 Å². The molecule has 4 rings (SSSR count). The molecule has 2 atom stereocenters. The topological polar surface area (TPSA) is 57.7 Å². The third-order valence-corrected chi connectivity index (χ3v) is 5.74. The zero-order chi connectivity index (χ0) is 16.7. The summed E-state index contributed by atoms with van der Waals surface area (Å²) in [6.07, 6.45) is 6.88. The number of rotatable bonds is 2. The Morgan fingerprint density at radius 3 is 2.29 bits per heavy atom. The predicted molar refractivity (Wildman–Crippen MR) is 88.5 cm³/mol. The molecule has 2 heterocycles. The van der Waals surface area contributed by atoms with E-state index in [1.54, 1.807) is 24.3 Å². The van der Waals surface area contributed by atoms with Crippen LogP contribution in [0.25, 0.3) is 0 Å². The second kappa shape index (κ2) is 6.04. The molecule has 1 aliphatic carbocycles. The Labute approximate surface area is 141 Å². The van der Waals surface area contributed by atoms with Gasteiger partial charge in [0, 0.05) is 12.6 Å². The fourth-order valence-corrected chi connectivity index (χ4v) is 4.54. The van der Waals surface area contributed by atoms with E-state index in [2.05, 4.69) is 0 Å². The van der Waals surface area contributed by atoms with Gasteiger partial charge in [-0.3, -0.25) is 19.3 Å². The number of hydrogen-bond donors (Lipinski definition) is 0. The zero-order valence-electron chi connectivity index (χ0n) is 13.7. The van der Waals surface area contributed by atoms with E-state index >= 15 is 0 Å². The van der Waals surface area contributed by atoms with Crippen molar-refractivity contribution in [3.8, 4) is 0 Å². The van der Waals surface area contributed by atoms with Gasteiger partial charge in [-0.15, -0.1) is 0 Å². The minimum absolute atomic E-state index is 0.0823. The highest BCUT2D eigenvalue weighted by Gasteiger charge is 2.40. The molecule has 0 bridgehead atoms. The van der Waals surface area contributed by atoms with Gasteiger partial charge in [0.25, 0.3) is 11.8 Å². The molecule has 3 aliphatic rings. The average Bonchev–Trinajstić information content (AvgIpc) is 2.86. The van der Waals surface area contributed by atoms with Crippen LogP contribution in [-0.2, 0) is 4.79 Å². The average molecular weight is 326 g/mol. The molecule has 3 amide bonds. The van der Waals surface area contributed by atoms with Crippen LogP contribution >= 0.6 is 0 Å². The van der Waals surface area contributed by atoms with E-state index in [9.17, 15) is 14.4 Å². The monoisotopic (exact) mass is 326 g/mol. The Morgan fingerprint density at radius 1 is 0.958 bits per heavy atom. The molecular weight excluding hydrogens is 304 g/mol. The highest BCUT2D eigenvalue weighted by molar-refractivity contribution is 6.22. The van der Waals surface area contributed by atoms with Crippen molar-refractivity contribution in [2.75, 3.05) is 13.1 Å². The first kappa shape index (κ1) is 15.4. The van der Waals surface area contributed by atoms with Crippen molar-refractivity contribution in [3.63, 3.8) is 0 Å². The van der Waals surface area contributed by atoms with Gasteiger partial charge in [-0.05, 0) is 43.7 Å². The lowest BCUT2D eigenvalue weighted by molar-refractivity contribution is -0.137. The maximum atomic E-state index is 12.8. The van der Waals surface area contributed by atoms with Crippen LogP contribution in [0.5, 0.6) is 0 Å². The fourth-order valence-electron chi connectivity index (χ4n) is 4.54. The number of hydrogen-bond acceptors (Lipinski definition) is 3. The minimum Gasteiger partial charge on any atom is -0.338 e. The summed E-state index contributed by atoms with van der Waals surface area (Å²) in [4.78, 5) is 40.8. The molecular formula is C19H22N2O3. The fraction of sp³-hybridized carbons (Fsp3) is 0.526. The zero-order valence-corrected chi connectivity index (χ0v) is 13.7. The van der Waals surface area contributed by atoms with Crippen molar-refractivity contribution in [1.29, 1.82) is 0 Å². The van der Waals surface area contributed by atoms with Crippen LogP contribution in [0.2, 0.25) is 0 Å². The first-order chi connectivity index (χ1) is 11.7. The standard InChI is InChI=1S/C19H22N2O3/c22-17(20-11-5-7-13-6-1-4-10-16(13)20)12-21-18(23)14-8-2-3-9-15(14)19(21)24/h2-3,8-9,13,16H,1,4-7,10-12H2/t13-,16-/m0/s1. The van der Waals surface area contributed by atoms with Gasteiger partial charge in [0.1, 0.15) is 6.54 Å². The molecule has 1 saturated carbocycles. The Hall–Kier alpha value is -2.17. The van der Waals surface area contributed by atoms with Gasteiger partial charge in [0.2, 0.25) is 5.91 Å². The predicted octanol–water partition coefficient (Wildman–Crippen LogP) is 2.46. The van der Waals surface area contributed by atoms with Gasteiger partial charge in [0.05, 0.1) is 11.1 Å². The summed E-state index contributed by atoms with van der Waals surface area (Å²) >= 11 is 0. The van der Waals surface area contributed by atoms with Crippen molar-refractivity contribution in [2.45, 2.75) is 44.6 Å². The van der Waals surface area contributed by atoms with Gasteiger partial charge in [-0.2, -0.15) is 0 Å². The van der Waals surface area contributed by atoms with Crippen LogP contribution < -0.4 is 0 Å². The Morgan fingerprint density at radius 2 is 1.58 bits per heavy atom. The summed E-state index contributed by atoms with van der Waals surface area (Å²) in [5.41, 5.74) is 0.814. The number of piperidine rings is 1. The number of benzene rings is 1. The van der Waals surface area contributed by atoms with Gasteiger partial charge in [-0.25, -0.2) is 0 Å². The summed E-state index contributed by atoms with van der Waals surface area (Å²) in [5.74, 6) is -0.179. The third kappa shape index (κ3) is 2.43. The Balaban J connectivity index is 1.50. The van der Waals surface area contributed by atoms with Gasteiger partial charge < -0.3 is 4.90 Å². The smallest absolute Gasteiger partial charge is 0.262 e. The van der Waals surface area contributed by atoms with E-state index in [1.165, 1.54) is 19.3 Å². The van der Waals surface area contributed by atoms with Gasteiger partial charge in [-0.1, -0.05) is 25.0 Å². The van der Waals surface area contributed by atoms with E-state index in [0.29, 0.717) is 23.1 Å². The van der Waals surface area contributed by atoms with E-state index in [-0.39, 0.29) is 24.3 Å². The maximum absolute atomic E-state index is 12.8. The normalized spacial score (nSPS) is 26.3. The molecule has 0 radical (unpaired) electrons. The first-order valence-electron chi connectivity index (χ1n) is 8.91. The molecule has 1 aromatic rings. The Bertz CT molecular complexity index is 663. The number of carbonyl (C=O) groups is 3. The molecule has 1 saturated heterocycles. The summed E-state index contributed by atoms with van der Waals surface area (Å²) in [7, 11) is 0. The van der Waals surface area contributed by atoms with Crippen molar-refractivity contribution >= 4 is 17.7 Å². The molecule has 2 fully saturated rings. The van der Waals surface area contributed by atoms with Crippen LogP contribution in [0.3, 0.4) is 0 Å². The number of amides is 3. The summed E-state index contributed by atoms with van der Waals surface area (Å²) < 4.78 is 0. The largest absolute Gasteiger partial charge is 0.338 e. The molecule has 2 aliphatic heterocycles. The summed E-state index contributed by atoms with van der Waals surface area (Å²) in [5, 5.41) is 0. The van der Waals surface area contributed by atoms with Crippen molar-refractivity contribution < 1.29 is 14.4 Å².